The summed E-state index contributed by atoms with van der Waals surface area (Å²) in [4.78, 5) is 23.1. The number of carbonyl (C=O) groups excluding carboxylic acids is 1. The molecule has 1 amide bonds. The molecular weight excluding hydrogens is 414 g/mol. The average molecular weight is 444 g/mol. The molecule has 0 aliphatic carbocycles. The first-order valence-electron chi connectivity index (χ1n) is 10.0. The Morgan fingerprint density at radius 3 is 2.50 bits per heavy atom. The number of thiazole rings is 1. The number of thioether (sulfide) groups is 1. The number of ether oxygens (including phenoxy) is 1. The number of nitrogens with zero attached hydrogens (tertiary/aromatic N) is 3. The third-order valence-electron chi connectivity index (χ3n) is 4.54. The molecule has 1 heterocycles. The molecule has 2 aromatic carbocycles. The van der Waals surface area contributed by atoms with Crippen LogP contribution in [0.3, 0.4) is 0 Å². The minimum absolute atomic E-state index is 0.0548. The van der Waals surface area contributed by atoms with E-state index in [1.54, 1.807) is 12.0 Å². The molecule has 5 nitrogen and oxygen atoms in total. The van der Waals surface area contributed by atoms with Gasteiger partial charge in [0, 0.05) is 23.2 Å². The van der Waals surface area contributed by atoms with Crippen LogP contribution in [0.4, 0.5) is 5.13 Å². The summed E-state index contributed by atoms with van der Waals surface area (Å²) in [6.07, 6.45) is 0.354. The zero-order chi connectivity index (χ0) is 21.7. The SMILES string of the molecule is COc1cccc2sc(N(CCN(C)C)C(=O)Cc3ccc(SC(C)C)cc3)nc12. The molecule has 0 atom stereocenters. The molecule has 0 radical (unpaired) electrons. The van der Waals surface area contributed by atoms with Gasteiger partial charge in [0.15, 0.2) is 5.13 Å². The summed E-state index contributed by atoms with van der Waals surface area (Å²) >= 11 is 3.35. The van der Waals surface area contributed by atoms with Crippen molar-refractivity contribution in [3.63, 3.8) is 0 Å². The first-order chi connectivity index (χ1) is 14.4. The summed E-state index contributed by atoms with van der Waals surface area (Å²) in [5.74, 6) is 0.785. The molecule has 0 bridgehead atoms. The highest BCUT2D eigenvalue weighted by Gasteiger charge is 2.21. The summed E-state index contributed by atoms with van der Waals surface area (Å²) in [6.45, 7) is 5.72. The van der Waals surface area contributed by atoms with Gasteiger partial charge in [-0.05, 0) is 43.9 Å². The van der Waals surface area contributed by atoms with Crippen LogP contribution in [0.15, 0.2) is 47.4 Å². The fourth-order valence-electron chi connectivity index (χ4n) is 3.05. The first kappa shape index (κ1) is 22.6. The summed E-state index contributed by atoms with van der Waals surface area (Å²) in [6, 6.07) is 14.2. The maximum Gasteiger partial charge on any atom is 0.233 e. The molecule has 3 rings (SSSR count). The molecule has 0 aliphatic heterocycles. The fourth-order valence-corrected chi connectivity index (χ4v) is 4.91. The van der Waals surface area contributed by atoms with Gasteiger partial charge in [0.05, 0.1) is 18.2 Å². The van der Waals surface area contributed by atoms with E-state index in [1.165, 1.54) is 16.2 Å². The van der Waals surface area contributed by atoms with E-state index in [9.17, 15) is 4.79 Å². The van der Waals surface area contributed by atoms with Crippen molar-refractivity contribution in [3.05, 3.63) is 48.0 Å². The number of fused-ring (bicyclic) bond motifs is 1. The second-order valence-electron chi connectivity index (χ2n) is 7.64. The molecule has 0 spiro atoms. The number of carbonyl (C=O) groups is 1. The highest BCUT2D eigenvalue weighted by atomic mass is 32.2. The monoisotopic (exact) mass is 443 g/mol. The Morgan fingerprint density at radius 2 is 1.87 bits per heavy atom. The molecular formula is C23H29N3O2S2. The van der Waals surface area contributed by atoms with Crippen molar-refractivity contribution in [2.24, 2.45) is 0 Å². The Labute approximate surface area is 187 Å². The lowest BCUT2D eigenvalue weighted by atomic mass is 10.1. The third-order valence-corrected chi connectivity index (χ3v) is 6.60. The van der Waals surface area contributed by atoms with Crippen LogP contribution in [0.5, 0.6) is 5.75 Å². The molecule has 30 heavy (non-hydrogen) atoms. The zero-order valence-electron chi connectivity index (χ0n) is 18.2. The van der Waals surface area contributed by atoms with E-state index in [1.807, 2.05) is 56.2 Å². The summed E-state index contributed by atoms with van der Waals surface area (Å²) in [5.41, 5.74) is 1.82. The minimum Gasteiger partial charge on any atom is -0.494 e. The molecule has 0 unspecified atom stereocenters. The predicted molar refractivity (Wildman–Crippen MR) is 128 cm³/mol. The maximum atomic E-state index is 13.3. The van der Waals surface area contributed by atoms with E-state index in [0.717, 1.165) is 28.1 Å². The largest absolute Gasteiger partial charge is 0.494 e. The van der Waals surface area contributed by atoms with Gasteiger partial charge in [-0.1, -0.05) is 43.4 Å². The second kappa shape index (κ2) is 10.3. The first-order valence-corrected chi connectivity index (χ1v) is 11.7. The number of amides is 1. The van der Waals surface area contributed by atoms with Crippen molar-refractivity contribution in [1.82, 2.24) is 9.88 Å². The Morgan fingerprint density at radius 1 is 1.13 bits per heavy atom. The van der Waals surface area contributed by atoms with Gasteiger partial charge >= 0.3 is 0 Å². The van der Waals surface area contributed by atoms with Gasteiger partial charge in [0.1, 0.15) is 11.3 Å². The molecule has 0 N–H and O–H groups in total. The lowest BCUT2D eigenvalue weighted by Crippen LogP contribution is -2.37. The Balaban J connectivity index is 1.83. The van der Waals surface area contributed by atoms with Crippen LogP contribution in [0.2, 0.25) is 0 Å². The van der Waals surface area contributed by atoms with E-state index in [-0.39, 0.29) is 5.91 Å². The number of rotatable bonds is 9. The average Bonchev–Trinajstić information content (AvgIpc) is 3.12. The van der Waals surface area contributed by atoms with E-state index >= 15 is 0 Å². The van der Waals surface area contributed by atoms with E-state index in [4.69, 9.17) is 9.72 Å². The molecule has 3 aromatic rings. The molecule has 0 saturated heterocycles. The Kier molecular flexibility index (Phi) is 7.75. The number of aromatic nitrogens is 1. The second-order valence-corrected chi connectivity index (χ2v) is 10.3. The quantitative estimate of drug-likeness (QED) is 0.438. The lowest BCUT2D eigenvalue weighted by molar-refractivity contribution is -0.118. The highest BCUT2D eigenvalue weighted by molar-refractivity contribution is 7.99. The van der Waals surface area contributed by atoms with Crippen LogP contribution in [-0.4, -0.2) is 55.3 Å². The third kappa shape index (κ3) is 5.74. The number of likely N-dealkylation sites (N-methyl/N-ethyl adjacent to an activating group) is 1. The van der Waals surface area contributed by atoms with Crippen LogP contribution in [-0.2, 0) is 11.2 Å². The summed E-state index contributed by atoms with van der Waals surface area (Å²) in [5, 5.41) is 1.25. The number of hydrogen-bond donors (Lipinski definition) is 0. The van der Waals surface area contributed by atoms with Gasteiger partial charge < -0.3 is 9.64 Å². The van der Waals surface area contributed by atoms with E-state index in [2.05, 4.69) is 30.9 Å². The van der Waals surface area contributed by atoms with Gasteiger partial charge in [0.25, 0.3) is 0 Å². The van der Waals surface area contributed by atoms with Crippen LogP contribution in [0.25, 0.3) is 10.2 Å². The van der Waals surface area contributed by atoms with Crippen molar-refractivity contribution in [3.8, 4) is 5.75 Å². The normalized spacial score (nSPS) is 11.4. The van der Waals surface area contributed by atoms with Gasteiger partial charge in [-0.25, -0.2) is 4.98 Å². The van der Waals surface area contributed by atoms with Gasteiger partial charge in [-0.3, -0.25) is 9.69 Å². The molecule has 160 valence electrons. The number of para-hydroxylation sites is 1. The zero-order valence-corrected chi connectivity index (χ0v) is 19.8. The number of hydrogen-bond acceptors (Lipinski definition) is 6. The van der Waals surface area contributed by atoms with Gasteiger partial charge in [-0.15, -0.1) is 11.8 Å². The smallest absolute Gasteiger partial charge is 0.233 e. The minimum atomic E-state index is 0.0548. The fraction of sp³-hybridized carbons (Fsp3) is 0.391. The Hall–Kier alpha value is -2.09. The molecule has 7 heteroatoms. The van der Waals surface area contributed by atoms with Crippen LogP contribution >= 0.6 is 23.1 Å². The summed E-state index contributed by atoms with van der Waals surface area (Å²) < 4.78 is 6.46. The topological polar surface area (TPSA) is 45.7 Å². The van der Waals surface area contributed by atoms with Crippen molar-refractivity contribution in [2.45, 2.75) is 30.4 Å². The predicted octanol–water partition coefficient (Wildman–Crippen LogP) is 4.94. The van der Waals surface area contributed by atoms with Crippen LogP contribution in [0.1, 0.15) is 19.4 Å². The van der Waals surface area contributed by atoms with E-state index < -0.39 is 0 Å². The molecule has 0 aliphatic rings. The number of anilines is 1. The number of benzene rings is 2. The van der Waals surface area contributed by atoms with E-state index in [0.29, 0.717) is 23.3 Å². The van der Waals surface area contributed by atoms with Crippen LogP contribution in [0, 0.1) is 0 Å². The highest BCUT2D eigenvalue weighted by Crippen LogP contribution is 2.34. The van der Waals surface area contributed by atoms with Gasteiger partial charge in [-0.2, -0.15) is 0 Å². The van der Waals surface area contributed by atoms with Crippen molar-refractivity contribution in [2.75, 3.05) is 39.2 Å². The van der Waals surface area contributed by atoms with Crippen LogP contribution < -0.4 is 9.64 Å². The van der Waals surface area contributed by atoms with Crippen molar-refractivity contribution < 1.29 is 9.53 Å². The summed E-state index contributed by atoms with van der Waals surface area (Å²) in [7, 11) is 5.66. The molecule has 1 aromatic heterocycles. The lowest BCUT2D eigenvalue weighted by Gasteiger charge is -2.22. The van der Waals surface area contributed by atoms with Crippen molar-refractivity contribution in [1.29, 1.82) is 0 Å². The maximum absolute atomic E-state index is 13.3. The van der Waals surface area contributed by atoms with Gasteiger partial charge in [0.2, 0.25) is 5.91 Å². The molecule has 0 saturated carbocycles. The number of methoxy groups -OCH3 is 1. The standard InChI is InChI=1S/C23H29N3O2S2/c1-16(2)29-18-11-9-17(10-12-18)15-21(27)26(14-13-25(3)4)23-24-22-19(28-5)7-6-8-20(22)30-23/h6-12,16H,13-15H2,1-5H3. The Bertz CT molecular complexity index is 984. The molecule has 0 fully saturated rings. The van der Waals surface area contributed by atoms with Crippen molar-refractivity contribution >= 4 is 44.4 Å².